The van der Waals surface area contributed by atoms with Gasteiger partial charge in [-0.2, -0.15) is 5.10 Å². The molecule has 8 heteroatoms. The van der Waals surface area contributed by atoms with Crippen molar-refractivity contribution in [3.63, 3.8) is 0 Å². The van der Waals surface area contributed by atoms with Gasteiger partial charge < -0.3 is 10.2 Å². The summed E-state index contributed by atoms with van der Waals surface area (Å²) in [5.41, 5.74) is 3.75. The topological polar surface area (TPSA) is 90.9 Å². The summed E-state index contributed by atoms with van der Waals surface area (Å²) >= 11 is 0. The van der Waals surface area contributed by atoms with Crippen molar-refractivity contribution in [1.82, 2.24) is 15.6 Å². The van der Waals surface area contributed by atoms with Crippen molar-refractivity contribution in [2.24, 2.45) is 11.0 Å². The van der Waals surface area contributed by atoms with Crippen LogP contribution in [-0.2, 0) is 9.59 Å². The minimum absolute atomic E-state index is 0.00495. The lowest BCUT2D eigenvalue weighted by Crippen LogP contribution is -2.45. The molecule has 204 valence electrons. The van der Waals surface area contributed by atoms with Gasteiger partial charge in [0.15, 0.2) is 0 Å². The quantitative estimate of drug-likeness (QED) is 0.219. The van der Waals surface area contributed by atoms with Gasteiger partial charge >= 0.3 is 0 Å². The van der Waals surface area contributed by atoms with Crippen molar-refractivity contribution in [3.8, 4) is 0 Å². The molecular weight excluding hydrogens is 483 g/mol. The normalized spacial score (nSPS) is 15.7. The molecule has 1 saturated heterocycles. The van der Waals surface area contributed by atoms with Crippen LogP contribution in [0.25, 0.3) is 0 Å². The Labute approximate surface area is 224 Å². The number of carbonyl (C=O) groups is 3. The molecule has 7 nitrogen and oxygen atoms in total. The Balaban J connectivity index is 1.56. The van der Waals surface area contributed by atoms with E-state index in [1.807, 2.05) is 30.3 Å². The van der Waals surface area contributed by atoms with Gasteiger partial charge in [0, 0.05) is 19.5 Å². The molecule has 1 unspecified atom stereocenters. The molecule has 2 aromatic rings. The number of nitrogens with zero attached hydrogens (tertiary/aromatic N) is 2. The van der Waals surface area contributed by atoms with E-state index in [4.69, 9.17) is 0 Å². The van der Waals surface area contributed by atoms with Crippen LogP contribution in [0.2, 0.25) is 0 Å². The summed E-state index contributed by atoms with van der Waals surface area (Å²) in [4.78, 5) is 40.0. The molecule has 0 aliphatic carbocycles. The Bertz CT molecular complexity index is 1090. The van der Waals surface area contributed by atoms with Gasteiger partial charge in [0.25, 0.3) is 5.91 Å². The highest BCUT2D eigenvalue weighted by molar-refractivity contribution is 6.05. The van der Waals surface area contributed by atoms with E-state index in [1.54, 1.807) is 11.0 Å². The van der Waals surface area contributed by atoms with Gasteiger partial charge in [0.1, 0.15) is 5.82 Å². The molecule has 1 heterocycles. The van der Waals surface area contributed by atoms with Crippen LogP contribution in [0.15, 0.2) is 59.7 Å². The minimum atomic E-state index is -0.607. The van der Waals surface area contributed by atoms with E-state index >= 15 is 0 Å². The van der Waals surface area contributed by atoms with E-state index in [-0.39, 0.29) is 29.8 Å². The summed E-state index contributed by atoms with van der Waals surface area (Å²) in [5, 5.41) is 7.00. The van der Waals surface area contributed by atoms with Crippen LogP contribution >= 0.6 is 0 Å². The van der Waals surface area contributed by atoms with Gasteiger partial charge in [-0.05, 0) is 37.0 Å². The molecular formula is C30H39FN4O3. The molecule has 0 bridgehead atoms. The molecule has 0 aromatic heterocycles. The fraction of sp³-hybridized carbons (Fsp3) is 0.467. The highest BCUT2D eigenvalue weighted by atomic mass is 19.1. The maximum Gasteiger partial charge on any atom is 0.254 e. The zero-order valence-electron chi connectivity index (χ0n) is 22.3. The average Bonchev–Trinajstić information content (AvgIpc) is 2.95. The molecule has 1 fully saturated rings. The molecule has 1 aliphatic rings. The first-order chi connectivity index (χ1) is 18.5. The fourth-order valence-electron chi connectivity index (χ4n) is 4.59. The van der Waals surface area contributed by atoms with Gasteiger partial charge in [-0.3, -0.25) is 14.4 Å². The lowest BCUT2D eigenvalue weighted by atomic mass is 9.97. The molecule has 0 saturated carbocycles. The van der Waals surface area contributed by atoms with Crippen molar-refractivity contribution < 1.29 is 18.8 Å². The number of hydrogen-bond acceptors (Lipinski definition) is 4. The Morgan fingerprint density at radius 1 is 0.974 bits per heavy atom. The fourth-order valence-corrected chi connectivity index (χ4v) is 4.59. The van der Waals surface area contributed by atoms with Crippen molar-refractivity contribution in [2.45, 2.75) is 64.7 Å². The van der Waals surface area contributed by atoms with Crippen molar-refractivity contribution in [3.05, 3.63) is 71.5 Å². The van der Waals surface area contributed by atoms with Crippen LogP contribution in [0.3, 0.4) is 0 Å². The molecule has 2 N–H and O–H groups in total. The lowest BCUT2D eigenvalue weighted by Gasteiger charge is -2.31. The summed E-state index contributed by atoms with van der Waals surface area (Å²) in [7, 11) is 0. The Hall–Kier alpha value is -3.55. The largest absolute Gasteiger partial charge is 0.346 e. The van der Waals surface area contributed by atoms with E-state index < -0.39 is 11.7 Å². The molecule has 38 heavy (non-hydrogen) atoms. The average molecular weight is 523 g/mol. The van der Waals surface area contributed by atoms with Gasteiger partial charge in [-0.1, -0.05) is 81.5 Å². The van der Waals surface area contributed by atoms with E-state index in [2.05, 4.69) is 22.8 Å². The molecule has 2 aromatic carbocycles. The predicted octanol–water partition coefficient (Wildman–Crippen LogP) is 5.07. The van der Waals surface area contributed by atoms with Gasteiger partial charge in [0.05, 0.1) is 23.7 Å². The number of likely N-dealkylation sites (tertiary alicyclic amines) is 1. The van der Waals surface area contributed by atoms with Crippen LogP contribution in [0.4, 0.5) is 4.39 Å². The van der Waals surface area contributed by atoms with Crippen LogP contribution in [-0.4, -0.2) is 48.0 Å². The Morgan fingerprint density at radius 3 is 2.45 bits per heavy atom. The van der Waals surface area contributed by atoms with E-state index in [0.717, 1.165) is 31.2 Å². The number of nitrogens with one attached hydrogen (secondary N) is 2. The zero-order chi connectivity index (χ0) is 27.2. The summed E-state index contributed by atoms with van der Waals surface area (Å²) in [6.45, 7) is 3.26. The van der Waals surface area contributed by atoms with Crippen LogP contribution in [0.1, 0.15) is 80.6 Å². The molecule has 1 aliphatic heterocycles. The summed E-state index contributed by atoms with van der Waals surface area (Å²) in [5.74, 6) is -1.65. The standard InChI is InChI=1S/C30H39FN4O3/c1-2-3-4-5-6-10-19-28(36)35-20-13-16-24(22-35)29(37)34-33-27(23-14-8-7-9-15-23)21-32-30(38)25-17-11-12-18-26(25)31/h7-9,11-12,14-15,17-18,24H,2-6,10,13,16,19-22H2,1H3,(H,32,38)(H,34,37). The van der Waals surface area contributed by atoms with E-state index in [0.29, 0.717) is 31.6 Å². The third kappa shape index (κ3) is 9.08. The second-order valence-corrected chi connectivity index (χ2v) is 9.76. The Kier molecular flexibility index (Phi) is 11.9. The molecule has 1 atom stereocenters. The monoisotopic (exact) mass is 522 g/mol. The number of piperidine rings is 1. The molecule has 0 radical (unpaired) electrons. The van der Waals surface area contributed by atoms with Crippen molar-refractivity contribution in [2.75, 3.05) is 19.6 Å². The SMILES string of the molecule is CCCCCCCCC(=O)N1CCCC(C(=O)NN=C(CNC(=O)c2ccccc2F)c2ccccc2)C1. The summed E-state index contributed by atoms with van der Waals surface area (Å²) < 4.78 is 14.0. The molecule has 3 amide bonds. The second kappa shape index (κ2) is 15.6. The number of halogens is 1. The number of rotatable bonds is 13. The predicted molar refractivity (Wildman–Crippen MR) is 147 cm³/mol. The van der Waals surface area contributed by atoms with Gasteiger partial charge in [-0.25, -0.2) is 9.82 Å². The van der Waals surface area contributed by atoms with E-state index in [9.17, 15) is 18.8 Å². The van der Waals surface area contributed by atoms with Crippen molar-refractivity contribution in [1.29, 1.82) is 0 Å². The summed E-state index contributed by atoms with van der Waals surface area (Å²) in [6.07, 6.45) is 8.76. The number of carbonyl (C=O) groups excluding carboxylic acids is 3. The smallest absolute Gasteiger partial charge is 0.254 e. The third-order valence-corrected chi connectivity index (χ3v) is 6.83. The van der Waals surface area contributed by atoms with Gasteiger partial charge in [-0.15, -0.1) is 0 Å². The number of benzene rings is 2. The Morgan fingerprint density at radius 2 is 1.68 bits per heavy atom. The first kappa shape index (κ1) is 29.0. The first-order valence-corrected chi connectivity index (χ1v) is 13.7. The van der Waals surface area contributed by atoms with Gasteiger partial charge in [0.2, 0.25) is 11.8 Å². The number of amides is 3. The first-order valence-electron chi connectivity index (χ1n) is 13.7. The second-order valence-electron chi connectivity index (χ2n) is 9.76. The molecule has 3 rings (SSSR count). The lowest BCUT2D eigenvalue weighted by molar-refractivity contribution is -0.135. The summed E-state index contributed by atoms with van der Waals surface area (Å²) in [6, 6.07) is 14.9. The highest BCUT2D eigenvalue weighted by Gasteiger charge is 2.28. The van der Waals surface area contributed by atoms with Crippen molar-refractivity contribution >= 4 is 23.4 Å². The highest BCUT2D eigenvalue weighted by Crippen LogP contribution is 2.19. The number of hydrogen-bond donors (Lipinski definition) is 2. The number of unbranched alkanes of at least 4 members (excludes halogenated alkanes) is 5. The van der Waals surface area contributed by atoms with Crippen LogP contribution in [0, 0.1) is 11.7 Å². The van der Waals surface area contributed by atoms with Crippen LogP contribution < -0.4 is 10.7 Å². The van der Waals surface area contributed by atoms with Crippen LogP contribution in [0.5, 0.6) is 0 Å². The maximum atomic E-state index is 14.0. The zero-order valence-corrected chi connectivity index (χ0v) is 22.3. The molecule has 0 spiro atoms. The third-order valence-electron chi connectivity index (χ3n) is 6.83. The number of hydrazone groups is 1. The minimum Gasteiger partial charge on any atom is -0.346 e. The maximum absolute atomic E-state index is 14.0. The van der Waals surface area contributed by atoms with E-state index in [1.165, 1.54) is 37.5 Å².